The van der Waals surface area contributed by atoms with Gasteiger partial charge in [-0.2, -0.15) is 0 Å². The molecule has 0 bridgehead atoms. The lowest BCUT2D eigenvalue weighted by Gasteiger charge is -2.33. The van der Waals surface area contributed by atoms with E-state index in [0.29, 0.717) is 0 Å². The minimum atomic E-state index is 1.12. The van der Waals surface area contributed by atoms with Crippen molar-refractivity contribution < 1.29 is 0 Å². The molecular formula is C14H18N2. The zero-order chi connectivity index (χ0) is 10.8. The Kier molecular flexibility index (Phi) is 2.66. The fourth-order valence-corrected chi connectivity index (χ4v) is 2.62. The first kappa shape index (κ1) is 9.91. The average Bonchev–Trinajstić information content (AvgIpc) is 2.39. The van der Waals surface area contributed by atoms with Gasteiger partial charge in [-0.15, -0.1) is 0 Å². The predicted octanol–water partition coefficient (Wildman–Crippen LogP) is 1.88. The van der Waals surface area contributed by atoms with Crippen LogP contribution in [0.15, 0.2) is 30.0 Å². The molecule has 0 atom stereocenters. The molecule has 0 unspecified atom stereocenters. The van der Waals surface area contributed by atoms with Crippen molar-refractivity contribution >= 4 is 6.08 Å². The Morgan fingerprint density at radius 1 is 1.00 bits per heavy atom. The van der Waals surface area contributed by atoms with E-state index in [1.807, 2.05) is 0 Å². The molecule has 1 aromatic rings. The highest BCUT2D eigenvalue weighted by Gasteiger charge is 2.16. The van der Waals surface area contributed by atoms with E-state index in [0.717, 1.165) is 26.2 Å². The molecule has 0 amide bonds. The fourth-order valence-electron chi connectivity index (χ4n) is 2.62. The van der Waals surface area contributed by atoms with Crippen molar-refractivity contribution in [3.8, 4) is 0 Å². The summed E-state index contributed by atoms with van der Waals surface area (Å²) >= 11 is 0. The van der Waals surface area contributed by atoms with E-state index < -0.39 is 0 Å². The lowest BCUT2D eigenvalue weighted by molar-refractivity contribution is 0.292. The van der Waals surface area contributed by atoms with Crippen molar-refractivity contribution in [2.75, 3.05) is 26.2 Å². The Morgan fingerprint density at radius 3 is 2.69 bits per heavy atom. The minimum absolute atomic E-state index is 1.12. The van der Waals surface area contributed by atoms with Crippen molar-refractivity contribution in [2.24, 2.45) is 0 Å². The molecule has 84 valence electrons. The van der Waals surface area contributed by atoms with Crippen LogP contribution >= 0.6 is 0 Å². The van der Waals surface area contributed by atoms with Gasteiger partial charge in [-0.3, -0.25) is 0 Å². The van der Waals surface area contributed by atoms with E-state index in [-0.39, 0.29) is 0 Å². The molecule has 1 heterocycles. The van der Waals surface area contributed by atoms with Crippen LogP contribution < -0.4 is 5.32 Å². The van der Waals surface area contributed by atoms with Gasteiger partial charge < -0.3 is 10.2 Å². The summed E-state index contributed by atoms with van der Waals surface area (Å²) in [5.41, 5.74) is 4.45. The van der Waals surface area contributed by atoms with Crippen LogP contribution in [0.25, 0.3) is 6.08 Å². The second-order valence-electron chi connectivity index (χ2n) is 4.57. The normalized spacial score (nSPS) is 20.2. The monoisotopic (exact) mass is 214 g/mol. The number of benzene rings is 1. The van der Waals surface area contributed by atoms with Crippen molar-refractivity contribution in [2.45, 2.75) is 12.8 Å². The second kappa shape index (κ2) is 4.30. The molecule has 0 radical (unpaired) electrons. The Balaban J connectivity index is 1.85. The van der Waals surface area contributed by atoms with Crippen LogP contribution in [0.1, 0.15) is 17.5 Å². The maximum atomic E-state index is 3.40. The van der Waals surface area contributed by atoms with Crippen LogP contribution in [0, 0.1) is 0 Å². The minimum Gasteiger partial charge on any atom is -0.372 e. The number of fused-ring (bicyclic) bond motifs is 1. The molecule has 0 saturated carbocycles. The third kappa shape index (κ3) is 1.85. The summed E-state index contributed by atoms with van der Waals surface area (Å²) in [4.78, 5) is 2.53. The van der Waals surface area contributed by atoms with Crippen molar-refractivity contribution in [1.29, 1.82) is 0 Å². The van der Waals surface area contributed by atoms with E-state index in [1.165, 1.54) is 29.7 Å². The largest absolute Gasteiger partial charge is 0.372 e. The summed E-state index contributed by atoms with van der Waals surface area (Å²) in [6.07, 6.45) is 4.78. The molecular weight excluding hydrogens is 196 g/mol. The van der Waals surface area contributed by atoms with Crippen molar-refractivity contribution in [3.63, 3.8) is 0 Å². The van der Waals surface area contributed by atoms with Crippen LogP contribution in [0.2, 0.25) is 0 Å². The number of nitrogens with one attached hydrogen (secondary N) is 1. The van der Waals surface area contributed by atoms with Gasteiger partial charge in [-0.25, -0.2) is 0 Å². The fraction of sp³-hybridized carbons (Fsp3) is 0.429. The molecule has 16 heavy (non-hydrogen) atoms. The molecule has 1 saturated heterocycles. The van der Waals surface area contributed by atoms with Gasteiger partial charge in [0.25, 0.3) is 0 Å². The van der Waals surface area contributed by atoms with Crippen LogP contribution in [0.4, 0.5) is 0 Å². The van der Waals surface area contributed by atoms with Crippen LogP contribution in [-0.4, -0.2) is 31.1 Å². The van der Waals surface area contributed by atoms with Crippen LogP contribution in [-0.2, 0) is 6.42 Å². The summed E-state index contributed by atoms with van der Waals surface area (Å²) in [6.45, 7) is 4.57. The van der Waals surface area contributed by atoms with Gasteiger partial charge in [-0.05, 0) is 30.0 Å². The number of aryl methyl sites for hydroxylation is 1. The standard InChI is InChI=1S/C14H18N2/c1-2-4-13-11-14(6-5-12(13)3-1)16-9-7-15-8-10-16/h1-4,11,15H,5-10H2. The number of rotatable bonds is 1. The Bertz CT molecular complexity index is 403. The maximum Gasteiger partial charge on any atom is 0.0300 e. The second-order valence-corrected chi connectivity index (χ2v) is 4.57. The number of allylic oxidation sites excluding steroid dienone is 1. The highest BCUT2D eigenvalue weighted by molar-refractivity contribution is 5.59. The quantitative estimate of drug-likeness (QED) is 0.768. The van der Waals surface area contributed by atoms with Crippen LogP contribution in [0.5, 0.6) is 0 Å². The molecule has 0 aromatic heterocycles. The molecule has 2 aliphatic rings. The zero-order valence-electron chi connectivity index (χ0n) is 9.58. The third-order valence-electron chi connectivity index (χ3n) is 3.55. The molecule has 3 rings (SSSR count). The molecule has 2 heteroatoms. The van der Waals surface area contributed by atoms with Gasteiger partial charge in [0, 0.05) is 31.9 Å². The molecule has 1 N–H and O–H groups in total. The SMILES string of the molecule is C1=C(N2CCNCC2)CCc2ccccc21. The Morgan fingerprint density at radius 2 is 1.81 bits per heavy atom. The van der Waals surface area contributed by atoms with E-state index >= 15 is 0 Å². The zero-order valence-corrected chi connectivity index (χ0v) is 9.58. The average molecular weight is 214 g/mol. The van der Waals surface area contributed by atoms with E-state index in [9.17, 15) is 0 Å². The molecule has 0 spiro atoms. The number of hydrogen-bond acceptors (Lipinski definition) is 2. The predicted molar refractivity (Wildman–Crippen MR) is 67.2 cm³/mol. The van der Waals surface area contributed by atoms with Gasteiger partial charge in [0.1, 0.15) is 0 Å². The first-order valence-electron chi connectivity index (χ1n) is 6.17. The molecule has 1 aliphatic carbocycles. The van der Waals surface area contributed by atoms with Gasteiger partial charge in [0.2, 0.25) is 0 Å². The Labute approximate surface area is 97.0 Å². The highest BCUT2D eigenvalue weighted by Crippen LogP contribution is 2.25. The van der Waals surface area contributed by atoms with Gasteiger partial charge in [0.15, 0.2) is 0 Å². The molecule has 1 fully saturated rings. The summed E-state index contributed by atoms with van der Waals surface area (Å²) < 4.78 is 0. The highest BCUT2D eigenvalue weighted by atomic mass is 15.2. The summed E-state index contributed by atoms with van der Waals surface area (Å²) in [5, 5.41) is 3.40. The number of hydrogen-bond donors (Lipinski definition) is 1. The van der Waals surface area contributed by atoms with Crippen LogP contribution in [0.3, 0.4) is 0 Å². The third-order valence-corrected chi connectivity index (χ3v) is 3.55. The first-order valence-corrected chi connectivity index (χ1v) is 6.17. The van der Waals surface area contributed by atoms with Crippen molar-refractivity contribution in [1.82, 2.24) is 10.2 Å². The van der Waals surface area contributed by atoms with Gasteiger partial charge in [0.05, 0.1) is 0 Å². The maximum absolute atomic E-state index is 3.40. The lowest BCUT2D eigenvalue weighted by Crippen LogP contribution is -2.43. The molecule has 1 aromatic carbocycles. The number of nitrogens with zero attached hydrogens (tertiary/aromatic N) is 1. The van der Waals surface area contributed by atoms with Gasteiger partial charge >= 0.3 is 0 Å². The summed E-state index contributed by atoms with van der Waals surface area (Å²) in [5.74, 6) is 0. The Hall–Kier alpha value is -1.28. The van der Waals surface area contributed by atoms with Crippen molar-refractivity contribution in [3.05, 3.63) is 41.1 Å². The van der Waals surface area contributed by atoms with E-state index in [1.54, 1.807) is 0 Å². The topological polar surface area (TPSA) is 15.3 Å². The first-order chi connectivity index (χ1) is 7.93. The smallest absolute Gasteiger partial charge is 0.0300 e. The molecule has 1 aliphatic heterocycles. The number of piperazine rings is 1. The van der Waals surface area contributed by atoms with E-state index in [2.05, 4.69) is 40.6 Å². The van der Waals surface area contributed by atoms with Gasteiger partial charge in [-0.1, -0.05) is 24.3 Å². The summed E-state index contributed by atoms with van der Waals surface area (Å²) in [7, 11) is 0. The summed E-state index contributed by atoms with van der Waals surface area (Å²) in [6, 6.07) is 8.76. The molecule has 2 nitrogen and oxygen atoms in total. The van der Waals surface area contributed by atoms with E-state index in [4.69, 9.17) is 0 Å². The lowest BCUT2D eigenvalue weighted by atomic mass is 9.95.